The van der Waals surface area contributed by atoms with Gasteiger partial charge in [-0.05, 0) is 56.3 Å². The molecule has 1 aromatic rings. The van der Waals surface area contributed by atoms with E-state index in [0.29, 0.717) is 18.3 Å². The van der Waals surface area contributed by atoms with Crippen LogP contribution in [0.25, 0.3) is 0 Å². The van der Waals surface area contributed by atoms with Crippen molar-refractivity contribution in [2.75, 3.05) is 50.7 Å². The van der Waals surface area contributed by atoms with Crippen LogP contribution >= 0.6 is 0 Å². The summed E-state index contributed by atoms with van der Waals surface area (Å²) in [5, 5.41) is 3.46. The van der Waals surface area contributed by atoms with E-state index in [2.05, 4.69) is 17.1 Å². The third-order valence-electron chi connectivity index (χ3n) is 6.99. The molecule has 3 aliphatic rings. The van der Waals surface area contributed by atoms with Gasteiger partial charge in [0.2, 0.25) is 11.8 Å². The van der Waals surface area contributed by atoms with Gasteiger partial charge in [-0.2, -0.15) is 0 Å². The van der Waals surface area contributed by atoms with E-state index in [0.717, 1.165) is 57.9 Å². The molecular formula is C23H34N4O2. The van der Waals surface area contributed by atoms with Gasteiger partial charge < -0.3 is 15.1 Å². The molecule has 3 heterocycles. The smallest absolute Gasteiger partial charge is 0.244 e. The topological polar surface area (TPSA) is 55.9 Å². The Morgan fingerprint density at radius 2 is 1.86 bits per heavy atom. The second kappa shape index (κ2) is 9.26. The standard InChI is InChI=1S/C23H34N4O2/c1-18(19-6-5-10-24-17-19)16-22(28)26-14-12-25(13-15-26)21-9-11-27(23(21)29)20-7-3-2-4-8-20/h2-4,7-8,18-19,21,24H,5-6,9-17H2,1H3. The first-order chi connectivity index (χ1) is 14.1. The van der Waals surface area contributed by atoms with Crippen LogP contribution in [0.2, 0.25) is 0 Å². The molecule has 0 radical (unpaired) electrons. The van der Waals surface area contributed by atoms with Crippen LogP contribution in [-0.4, -0.2) is 73.5 Å². The number of anilines is 1. The molecule has 2 amide bonds. The van der Waals surface area contributed by atoms with Crippen LogP contribution < -0.4 is 10.2 Å². The van der Waals surface area contributed by atoms with Crippen LogP contribution in [0.4, 0.5) is 5.69 Å². The molecule has 4 rings (SSSR count). The fourth-order valence-corrected chi connectivity index (χ4v) is 5.09. The number of nitrogens with zero attached hydrogens (tertiary/aromatic N) is 3. The third kappa shape index (κ3) is 4.64. The van der Waals surface area contributed by atoms with Gasteiger partial charge in [0.25, 0.3) is 0 Å². The Labute approximate surface area is 174 Å². The number of hydrogen-bond donors (Lipinski definition) is 1. The van der Waals surface area contributed by atoms with Gasteiger partial charge in [0.05, 0.1) is 6.04 Å². The van der Waals surface area contributed by atoms with Crippen LogP contribution in [0.1, 0.15) is 32.6 Å². The summed E-state index contributed by atoms with van der Waals surface area (Å²) < 4.78 is 0. The van der Waals surface area contributed by atoms with Gasteiger partial charge in [-0.25, -0.2) is 0 Å². The minimum absolute atomic E-state index is 0.0419. The van der Waals surface area contributed by atoms with Crippen molar-refractivity contribution < 1.29 is 9.59 Å². The van der Waals surface area contributed by atoms with Crippen LogP contribution in [0, 0.1) is 11.8 Å². The maximum atomic E-state index is 12.9. The van der Waals surface area contributed by atoms with E-state index in [1.165, 1.54) is 12.8 Å². The number of rotatable bonds is 5. The fraction of sp³-hybridized carbons (Fsp3) is 0.652. The number of nitrogens with one attached hydrogen (secondary N) is 1. The zero-order valence-corrected chi connectivity index (χ0v) is 17.6. The summed E-state index contributed by atoms with van der Waals surface area (Å²) in [7, 11) is 0. The molecule has 3 saturated heterocycles. The van der Waals surface area contributed by atoms with Gasteiger partial charge in [-0.15, -0.1) is 0 Å². The lowest BCUT2D eigenvalue weighted by Crippen LogP contribution is -2.54. The number of para-hydroxylation sites is 1. The van der Waals surface area contributed by atoms with Crippen LogP contribution in [0.5, 0.6) is 0 Å². The summed E-state index contributed by atoms with van der Waals surface area (Å²) in [5.41, 5.74) is 0.986. The van der Waals surface area contributed by atoms with E-state index in [9.17, 15) is 9.59 Å². The Morgan fingerprint density at radius 1 is 1.10 bits per heavy atom. The monoisotopic (exact) mass is 398 g/mol. The number of carbonyl (C=O) groups excluding carboxylic acids is 2. The lowest BCUT2D eigenvalue weighted by molar-refractivity contribution is -0.135. The Kier molecular flexibility index (Phi) is 6.50. The van der Waals surface area contributed by atoms with Crippen molar-refractivity contribution in [2.24, 2.45) is 11.8 Å². The molecule has 0 aromatic heterocycles. The Hall–Kier alpha value is -1.92. The highest BCUT2D eigenvalue weighted by molar-refractivity contribution is 5.99. The van der Waals surface area contributed by atoms with Gasteiger partial charge in [0.1, 0.15) is 0 Å². The molecule has 0 bridgehead atoms. The molecule has 3 atom stereocenters. The predicted molar refractivity (Wildman–Crippen MR) is 115 cm³/mol. The molecule has 1 N–H and O–H groups in total. The van der Waals surface area contributed by atoms with E-state index in [4.69, 9.17) is 0 Å². The molecule has 1 aromatic carbocycles. The van der Waals surface area contributed by atoms with Crippen molar-refractivity contribution in [3.05, 3.63) is 30.3 Å². The highest BCUT2D eigenvalue weighted by atomic mass is 16.2. The average Bonchev–Trinajstić information content (AvgIpc) is 3.16. The first-order valence-electron chi connectivity index (χ1n) is 11.2. The highest BCUT2D eigenvalue weighted by Gasteiger charge is 2.38. The van der Waals surface area contributed by atoms with Gasteiger partial charge in [0.15, 0.2) is 0 Å². The zero-order valence-electron chi connectivity index (χ0n) is 17.6. The molecule has 0 saturated carbocycles. The SMILES string of the molecule is CC(CC(=O)N1CCN(C2CCN(c3ccccc3)C2=O)CC1)C1CCCNC1. The van der Waals surface area contributed by atoms with Crippen LogP contribution in [-0.2, 0) is 9.59 Å². The zero-order chi connectivity index (χ0) is 20.2. The van der Waals surface area contributed by atoms with Gasteiger partial charge >= 0.3 is 0 Å². The van der Waals surface area contributed by atoms with Crippen molar-refractivity contribution in [1.29, 1.82) is 0 Å². The first kappa shape index (κ1) is 20.4. The molecule has 3 aliphatic heterocycles. The summed E-state index contributed by atoms with van der Waals surface area (Å²) >= 11 is 0. The molecule has 3 fully saturated rings. The summed E-state index contributed by atoms with van der Waals surface area (Å²) in [4.78, 5) is 31.9. The van der Waals surface area contributed by atoms with Crippen LogP contribution in [0.15, 0.2) is 30.3 Å². The lowest BCUT2D eigenvalue weighted by Gasteiger charge is -2.38. The maximum Gasteiger partial charge on any atom is 0.244 e. The fourth-order valence-electron chi connectivity index (χ4n) is 5.09. The number of piperidine rings is 1. The van der Waals surface area contributed by atoms with Crippen molar-refractivity contribution in [2.45, 2.75) is 38.6 Å². The largest absolute Gasteiger partial charge is 0.340 e. The Balaban J connectivity index is 1.26. The summed E-state index contributed by atoms with van der Waals surface area (Å²) in [6, 6.07) is 9.89. The molecule has 29 heavy (non-hydrogen) atoms. The molecule has 6 nitrogen and oxygen atoms in total. The van der Waals surface area contributed by atoms with Crippen molar-refractivity contribution in [3.8, 4) is 0 Å². The summed E-state index contributed by atoms with van der Waals surface area (Å²) in [6.45, 7) is 8.23. The number of carbonyl (C=O) groups is 2. The minimum Gasteiger partial charge on any atom is -0.340 e. The Morgan fingerprint density at radius 3 is 2.55 bits per heavy atom. The van der Waals surface area contributed by atoms with Gasteiger partial charge in [-0.3, -0.25) is 14.5 Å². The molecule has 3 unspecified atom stereocenters. The number of hydrogen-bond acceptors (Lipinski definition) is 4. The number of amides is 2. The van der Waals surface area contributed by atoms with Crippen molar-refractivity contribution >= 4 is 17.5 Å². The molecule has 0 aliphatic carbocycles. The summed E-state index contributed by atoms with van der Waals surface area (Å²) in [6.07, 6.45) is 3.97. The first-order valence-corrected chi connectivity index (χ1v) is 11.2. The maximum absolute atomic E-state index is 12.9. The second-order valence-electron chi connectivity index (χ2n) is 8.83. The van der Waals surface area contributed by atoms with E-state index in [1.54, 1.807) is 0 Å². The average molecular weight is 399 g/mol. The van der Waals surface area contributed by atoms with Gasteiger partial charge in [-0.1, -0.05) is 25.1 Å². The molecule has 158 valence electrons. The third-order valence-corrected chi connectivity index (χ3v) is 6.99. The van der Waals surface area contributed by atoms with Crippen molar-refractivity contribution in [1.82, 2.24) is 15.1 Å². The molecule has 6 heteroatoms. The summed E-state index contributed by atoms with van der Waals surface area (Å²) in [5.74, 6) is 1.54. The van der Waals surface area contributed by atoms with E-state index < -0.39 is 0 Å². The van der Waals surface area contributed by atoms with Crippen molar-refractivity contribution in [3.63, 3.8) is 0 Å². The number of piperazine rings is 1. The predicted octanol–water partition coefficient (Wildman–Crippen LogP) is 1.96. The van der Waals surface area contributed by atoms with E-state index in [-0.39, 0.29) is 17.9 Å². The number of benzene rings is 1. The lowest BCUT2D eigenvalue weighted by atomic mass is 9.85. The second-order valence-corrected chi connectivity index (χ2v) is 8.83. The quantitative estimate of drug-likeness (QED) is 0.824. The highest BCUT2D eigenvalue weighted by Crippen LogP contribution is 2.26. The Bertz CT molecular complexity index is 696. The van der Waals surface area contributed by atoms with Gasteiger partial charge in [0, 0.05) is 44.8 Å². The van der Waals surface area contributed by atoms with E-state index >= 15 is 0 Å². The molecule has 0 spiro atoms. The van der Waals surface area contributed by atoms with E-state index in [1.807, 2.05) is 40.1 Å². The normalized spacial score (nSPS) is 27.3. The molecular weight excluding hydrogens is 364 g/mol. The minimum atomic E-state index is -0.0419. The van der Waals surface area contributed by atoms with Crippen LogP contribution in [0.3, 0.4) is 0 Å².